The maximum atomic E-state index is 13.1. The number of likely N-dealkylation sites (tertiary alicyclic amines) is 1. The molecule has 0 saturated carbocycles. The van der Waals surface area contributed by atoms with Gasteiger partial charge in [-0.05, 0) is 25.0 Å². The van der Waals surface area contributed by atoms with Gasteiger partial charge in [-0.3, -0.25) is 9.59 Å². The fraction of sp³-hybridized carbons (Fsp3) is 0.417. The lowest BCUT2D eigenvalue weighted by Crippen LogP contribution is -2.49. The second-order valence-electron chi connectivity index (χ2n) is 8.31. The first-order valence-corrected chi connectivity index (χ1v) is 10.6. The predicted molar refractivity (Wildman–Crippen MR) is 112 cm³/mol. The van der Waals surface area contributed by atoms with Crippen molar-refractivity contribution in [2.45, 2.75) is 30.7 Å². The van der Waals surface area contributed by atoms with Gasteiger partial charge in [0.05, 0.1) is 0 Å². The molecule has 3 aliphatic heterocycles. The maximum absolute atomic E-state index is 13.1. The zero-order valence-corrected chi connectivity index (χ0v) is 17.1. The maximum Gasteiger partial charge on any atom is 0.233 e. The molecule has 0 unspecified atom stereocenters. The third kappa shape index (κ3) is 3.20. The van der Waals surface area contributed by atoms with E-state index in [1.54, 1.807) is 0 Å². The van der Waals surface area contributed by atoms with Crippen LogP contribution in [0.3, 0.4) is 0 Å². The van der Waals surface area contributed by atoms with E-state index in [0.717, 1.165) is 35.5 Å². The third-order valence-corrected chi connectivity index (χ3v) is 6.67. The van der Waals surface area contributed by atoms with Crippen LogP contribution in [0, 0.1) is 0 Å². The van der Waals surface area contributed by atoms with E-state index < -0.39 is 0 Å². The van der Waals surface area contributed by atoms with Crippen molar-refractivity contribution in [2.24, 2.45) is 0 Å². The van der Waals surface area contributed by atoms with E-state index in [1.165, 1.54) is 0 Å². The van der Waals surface area contributed by atoms with Gasteiger partial charge in [0.15, 0.2) is 0 Å². The Morgan fingerprint density at radius 2 is 1.40 bits per heavy atom. The number of carbonyl (C=O) groups excluding carboxylic acids is 2. The van der Waals surface area contributed by atoms with E-state index in [0.29, 0.717) is 26.3 Å². The molecule has 156 valence electrons. The van der Waals surface area contributed by atoms with E-state index in [1.807, 2.05) is 65.4 Å². The summed E-state index contributed by atoms with van der Waals surface area (Å²) in [5.74, 6) is 1.40. The number of carbonyl (C=O) groups is 2. The van der Waals surface area contributed by atoms with E-state index >= 15 is 0 Å². The van der Waals surface area contributed by atoms with Crippen molar-refractivity contribution in [2.75, 3.05) is 33.4 Å². The molecule has 2 atom stereocenters. The van der Waals surface area contributed by atoms with Crippen molar-refractivity contribution in [1.29, 1.82) is 0 Å². The first-order valence-electron chi connectivity index (χ1n) is 10.6. The Morgan fingerprint density at radius 3 is 2.03 bits per heavy atom. The number of piperidine rings is 1. The van der Waals surface area contributed by atoms with Crippen LogP contribution in [-0.2, 0) is 9.59 Å². The molecule has 3 heterocycles. The Morgan fingerprint density at radius 1 is 0.867 bits per heavy atom. The SMILES string of the molecule is CN(C(=O)[C@H]1COc2ccccc21)C1CCN(C(=O)[C@H]2COc3ccccc32)CC1. The van der Waals surface area contributed by atoms with Gasteiger partial charge in [0.2, 0.25) is 11.8 Å². The highest BCUT2D eigenvalue weighted by molar-refractivity contribution is 5.86. The van der Waals surface area contributed by atoms with Crippen LogP contribution in [0.2, 0.25) is 0 Å². The normalized spacial score (nSPS) is 22.6. The van der Waals surface area contributed by atoms with Gasteiger partial charge in [0.1, 0.15) is 36.5 Å². The van der Waals surface area contributed by atoms with Crippen molar-refractivity contribution in [1.82, 2.24) is 9.80 Å². The number of benzene rings is 2. The van der Waals surface area contributed by atoms with Gasteiger partial charge in [-0.2, -0.15) is 0 Å². The van der Waals surface area contributed by atoms with Gasteiger partial charge in [-0.1, -0.05) is 36.4 Å². The topological polar surface area (TPSA) is 59.1 Å². The molecule has 6 heteroatoms. The van der Waals surface area contributed by atoms with Gasteiger partial charge >= 0.3 is 0 Å². The average Bonchev–Trinajstić information content (AvgIpc) is 3.42. The number of para-hydroxylation sites is 2. The van der Waals surface area contributed by atoms with Crippen molar-refractivity contribution in [3.8, 4) is 11.5 Å². The standard InChI is InChI=1S/C24H26N2O4/c1-25(23(27)19-14-29-21-8-4-2-6-17(19)21)16-10-12-26(13-11-16)24(28)20-15-30-22-9-5-3-7-18(20)22/h2-9,16,19-20H,10-15H2,1H3/t19-,20-/m0/s1. The Hall–Kier alpha value is -3.02. The lowest BCUT2D eigenvalue weighted by molar-refractivity contribution is -0.137. The van der Waals surface area contributed by atoms with Gasteiger partial charge in [0, 0.05) is 37.3 Å². The number of hydrogen-bond acceptors (Lipinski definition) is 4. The molecule has 2 aromatic rings. The molecule has 2 amide bonds. The summed E-state index contributed by atoms with van der Waals surface area (Å²) in [6.07, 6.45) is 1.58. The Bertz CT molecular complexity index is 967. The van der Waals surface area contributed by atoms with Gasteiger partial charge in [-0.25, -0.2) is 0 Å². The van der Waals surface area contributed by atoms with Crippen molar-refractivity contribution in [3.05, 3.63) is 59.7 Å². The molecule has 6 nitrogen and oxygen atoms in total. The Balaban J connectivity index is 1.20. The highest BCUT2D eigenvalue weighted by Crippen LogP contribution is 2.37. The second-order valence-corrected chi connectivity index (χ2v) is 8.31. The summed E-state index contributed by atoms with van der Waals surface area (Å²) in [5, 5.41) is 0. The minimum Gasteiger partial charge on any atom is -0.492 e. The third-order valence-electron chi connectivity index (χ3n) is 6.67. The first kappa shape index (κ1) is 19.0. The van der Waals surface area contributed by atoms with Gasteiger partial charge < -0.3 is 19.3 Å². The zero-order valence-electron chi connectivity index (χ0n) is 17.1. The smallest absolute Gasteiger partial charge is 0.233 e. The number of nitrogens with zero attached hydrogens (tertiary/aromatic N) is 2. The quantitative estimate of drug-likeness (QED) is 0.787. The fourth-order valence-corrected chi connectivity index (χ4v) is 4.85. The summed E-state index contributed by atoms with van der Waals surface area (Å²) in [6, 6.07) is 15.7. The molecule has 0 spiro atoms. The molecule has 0 bridgehead atoms. The molecule has 0 radical (unpaired) electrons. The van der Waals surface area contributed by atoms with E-state index in [-0.39, 0.29) is 29.7 Å². The molecular formula is C24H26N2O4. The predicted octanol–water partition coefficient (Wildman–Crippen LogP) is 2.79. The first-order chi connectivity index (χ1) is 14.6. The number of fused-ring (bicyclic) bond motifs is 2. The minimum atomic E-state index is -0.238. The van der Waals surface area contributed by atoms with E-state index in [2.05, 4.69) is 0 Å². The number of rotatable bonds is 3. The molecule has 3 aliphatic rings. The van der Waals surface area contributed by atoms with Crippen LogP contribution in [-0.4, -0.2) is 61.0 Å². The van der Waals surface area contributed by atoms with E-state index in [9.17, 15) is 9.59 Å². The minimum absolute atomic E-state index is 0.0999. The van der Waals surface area contributed by atoms with Crippen molar-refractivity contribution in [3.63, 3.8) is 0 Å². The van der Waals surface area contributed by atoms with Crippen LogP contribution < -0.4 is 9.47 Å². The van der Waals surface area contributed by atoms with Crippen LogP contribution in [0.1, 0.15) is 35.8 Å². The van der Waals surface area contributed by atoms with Crippen LogP contribution >= 0.6 is 0 Å². The van der Waals surface area contributed by atoms with Crippen LogP contribution in [0.4, 0.5) is 0 Å². The molecule has 30 heavy (non-hydrogen) atoms. The van der Waals surface area contributed by atoms with Crippen LogP contribution in [0.5, 0.6) is 11.5 Å². The highest BCUT2D eigenvalue weighted by atomic mass is 16.5. The van der Waals surface area contributed by atoms with Crippen LogP contribution in [0.15, 0.2) is 48.5 Å². The van der Waals surface area contributed by atoms with E-state index in [4.69, 9.17) is 9.47 Å². The van der Waals surface area contributed by atoms with Crippen LogP contribution in [0.25, 0.3) is 0 Å². The highest BCUT2D eigenvalue weighted by Gasteiger charge is 2.38. The monoisotopic (exact) mass is 406 g/mol. The summed E-state index contributed by atoms with van der Waals surface area (Å²) < 4.78 is 11.4. The zero-order chi connectivity index (χ0) is 20.7. The molecule has 0 aromatic heterocycles. The number of likely N-dealkylation sites (N-methyl/N-ethyl adjacent to an activating group) is 1. The molecule has 0 aliphatic carbocycles. The summed E-state index contributed by atoms with van der Waals surface area (Å²) in [5.41, 5.74) is 1.96. The molecule has 0 N–H and O–H groups in total. The number of hydrogen-bond donors (Lipinski definition) is 0. The molecule has 1 saturated heterocycles. The van der Waals surface area contributed by atoms with Crippen molar-refractivity contribution >= 4 is 11.8 Å². The molecule has 5 rings (SSSR count). The second kappa shape index (κ2) is 7.67. The molecule has 1 fully saturated rings. The summed E-state index contributed by atoms with van der Waals surface area (Å²) in [6.45, 7) is 2.15. The molecular weight excluding hydrogens is 380 g/mol. The largest absolute Gasteiger partial charge is 0.492 e. The summed E-state index contributed by atoms with van der Waals surface area (Å²) in [7, 11) is 1.88. The molecule has 2 aromatic carbocycles. The van der Waals surface area contributed by atoms with Gasteiger partial charge in [-0.15, -0.1) is 0 Å². The van der Waals surface area contributed by atoms with Crippen molar-refractivity contribution < 1.29 is 19.1 Å². The Kier molecular flexibility index (Phi) is 4.85. The number of ether oxygens (including phenoxy) is 2. The lowest BCUT2D eigenvalue weighted by Gasteiger charge is -2.38. The average molecular weight is 406 g/mol. The van der Waals surface area contributed by atoms with Gasteiger partial charge in [0.25, 0.3) is 0 Å². The summed E-state index contributed by atoms with van der Waals surface area (Å²) in [4.78, 5) is 30.0. The number of amides is 2. The fourth-order valence-electron chi connectivity index (χ4n) is 4.85. The summed E-state index contributed by atoms with van der Waals surface area (Å²) >= 11 is 0. The lowest BCUT2D eigenvalue weighted by atomic mass is 9.95. The Labute approximate surface area is 176 Å².